The van der Waals surface area contributed by atoms with E-state index in [1.54, 1.807) is 6.20 Å². The van der Waals surface area contributed by atoms with Crippen LogP contribution in [-0.4, -0.2) is 24.8 Å². The van der Waals surface area contributed by atoms with E-state index in [1.807, 2.05) is 61.5 Å². The molecule has 2 aromatic carbocycles. The molecule has 1 heterocycles. The van der Waals surface area contributed by atoms with Crippen LogP contribution >= 0.6 is 0 Å². The Kier molecular flexibility index (Phi) is 6.10. The smallest absolute Gasteiger partial charge is 0.145 e. The molecular formula is C21H23NO3. The molecule has 0 spiro atoms. The van der Waals surface area contributed by atoms with Gasteiger partial charge < -0.3 is 14.2 Å². The van der Waals surface area contributed by atoms with Gasteiger partial charge in [-0.15, -0.1) is 0 Å². The molecule has 25 heavy (non-hydrogen) atoms. The van der Waals surface area contributed by atoms with Crippen molar-refractivity contribution < 1.29 is 14.2 Å². The zero-order chi connectivity index (χ0) is 17.3. The zero-order valence-electron chi connectivity index (χ0n) is 14.5. The number of hydrogen-bond donors (Lipinski definition) is 0. The molecule has 0 unspecified atom stereocenters. The first-order valence-corrected chi connectivity index (χ1v) is 8.69. The fourth-order valence-corrected chi connectivity index (χ4v) is 2.57. The molecule has 4 nitrogen and oxygen atoms in total. The van der Waals surface area contributed by atoms with Crippen molar-refractivity contribution in [3.8, 4) is 17.2 Å². The standard InChI is InChI=1S/C21H23NO3/c1-2-23-18-10-12-19(13-11-18)24-15-3-4-16-25-20-9-5-7-17-8-6-14-22-21(17)20/h5-14H,2-4,15-16H2,1H3. The normalized spacial score (nSPS) is 10.6. The van der Waals surface area contributed by atoms with E-state index in [2.05, 4.69) is 4.98 Å². The fraction of sp³-hybridized carbons (Fsp3) is 0.286. The average Bonchev–Trinajstić information content (AvgIpc) is 2.66. The van der Waals surface area contributed by atoms with Crippen LogP contribution in [0.1, 0.15) is 19.8 Å². The van der Waals surface area contributed by atoms with E-state index in [-0.39, 0.29) is 0 Å². The summed E-state index contributed by atoms with van der Waals surface area (Å²) >= 11 is 0. The van der Waals surface area contributed by atoms with Crippen LogP contribution in [0.2, 0.25) is 0 Å². The molecule has 0 atom stereocenters. The summed E-state index contributed by atoms with van der Waals surface area (Å²) in [7, 11) is 0. The maximum atomic E-state index is 5.88. The molecule has 0 aliphatic rings. The first kappa shape index (κ1) is 17.1. The van der Waals surface area contributed by atoms with Crippen molar-refractivity contribution in [2.24, 2.45) is 0 Å². The van der Waals surface area contributed by atoms with E-state index in [0.717, 1.165) is 41.0 Å². The number of nitrogens with zero attached hydrogens (tertiary/aromatic N) is 1. The van der Waals surface area contributed by atoms with Gasteiger partial charge in [-0.25, -0.2) is 0 Å². The molecule has 1 aromatic heterocycles. The van der Waals surface area contributed by atoms with Gasteiger partial charge in [0.05, 0.1) is 19.8 Å². The molecule has 4 heteroatoms. The van der Waals surface area contributed by atoms with Gasteiger partial charge in [0.25, 0.3) is 0 Å². The molecular weight excluding hydrogens is 314 g/mol. The molecule has 130 valence electrons. The Morgan fingerprint density at radius 3 is 2.20 bits per heavy atom. The second-order valence-corrected chi connectivity index (χ2v) is 5.64. The van der Waals surface area contributed by atoms with E-state index in [4.69, 9.17) is 14.2 Å². The second kappa shape index (κ2) is 8.92. The number of para-hydroxylation sites is 1. The number of benzene rings is 2. The van der Waals surface area contributed by atoms with E-state index < -0.39 is 0 Å². The van der Waals surface area contributed by atoms with E-state index in [1.165, 1.54) is 0 Å². The van der Waals surface area contributed by atoms with Gasteiger partial charge in [-0.3, -0.25) is 4.98 Å². The minimum absolute atomic E-state index is 0.655. The molecule has 3 rings (SSSR count). The van der Waals surface area contributed by atoms with Crippen molar-refractivity contribution in [1.29, 1.82) is 0 Å². The van der Waals surface area contributed by atoms with Crippen molar-refractivity contribution in [2.75, 3.05) is 19.8 Å². The third-order valence-corrected chi connectivity index (χ3v) is 3.80. The third kappa shape index (κ3) is 4.86. The molecule has 0 fully saturated rings. The van der Waals surface area contributed by atoms with Crippen LogP contribution < -0.4 is 14.2 Å². The Hall–Kier alpha value is -2.75. The van der Waals surface area contributed by atoms with Gasteiger partial charge in [-0.05, 0) is 56.2 Å². The Morgan fingerprint density at radius 2 is 1.44 bits per heavy atom. The third-order valence-electron chi connectivity index (χ3n) is 3.80. The molecule has 3 aromatic rings. The minimum atomic E-state index is 0.655. The summed E-state index contributed by atoms with van der Waals surface area (Å²) in [5.41, 5.74) is 0.913. The van der Waals surface area contributed by atoms with Crippen LogP contribution in [0.15, 0.2) is 60.8 Å². The quantitative estimate of drug-likeness (QED) is 0.522. The highest BCUT2D eigenvalue weighted by Gasteiger charge is 2.02. The first-order chi connectivity index (χ1) is 12.4. The summed E-state index contributed by atoms with van der Waals surface area (Å²) in [5, 5.41) is 1.10. The monoisotopic (exact) mass is 337 g/mol. The molecule has 0 aliphatic heterocycles. The number of pyridine rings is 1. The van der Waals surface area contributed by atoms with E-state index >= 15 is 0 Å². The Morgan fingerprint density at radius 1 is 0.760 bits per heavy atom. The van der Waals surface area contributed by atoms with Gasteiger partial charge in [0.1, 0.15) is 22.8 Å². The zero-order valence-corrected chi connectivity index (χ0v) is 14.5. The summed E-state index contributed by atoms with van der Waals surface area (Å²) in [5.74, 6) is 2.57. The highest BCUT2D eigenvalue weighted by atomic mass is 16.5. The van der Waals surface area contributed by atoms with E-state index in [9.17, 15) is 0 Å². The summed E-state index contributed by atoms with van der Waals surface area (Å²) in [6.45, 7) is 3.97. The maximum absolute atomic E-state index is 5.88. The lowest BCUT2D eigenvalue weighted by Crippen LogP contribution is -2.03. The number of rotatable bonds is 9. The topological polar surface area (TPSA) is 40.6 Å². The number of aromatic nitrogens is 1. The lowest BCUT2D eigenvalue weighted by molar-refractivity contribution is 0.267. The summed E-state index contributed by atoms with van der Waals surface area (Å²) < 4.78 is 17.0. The molecule has 0 amide bonds. The van der Waals surface area contributed by atoms with Gasteiger partial charge in [-0.2, -0.15) is 0 Å². The lowest BCUT2D eigenvalue weighted by Gasteiger charge is -2.09. The number of fused-ring (bicyclic) bond motifs is 1. The predicted molar refractivity (Wildman–Crippen MR) is 99.6 cm³/mol. The number of hydrogen-bond acceptors (Lipinski definition) is 4. The molecule has 0 bridgehead atoms. The summed E-state index contributed by atoms with van der Waals surface area (Å²) in [6, 6.07) is 17.7. The minimum Gasteiger partial charge on any atom is -0.494 e. The van der Waals surface area contributed by atoms with Crippen LogP contribution in [0.25, 0.3) is 10.9 Å². The van der Waals surface area contributed by atoms with Crippen molar-refractivity contribution in [3.05, 3.63) is 60.8 Å². The first-order valence-electron chi connectivity index (χ1n) is 8.69. The number of ether oxygens (including phenoxy) is 3. The Bertz CT molecular complexity index is 781. The van der Waals surface area contributed by atoms with Crippen molar-refractivity contribution in [2.45, 2.75) is 19.8 Å². The molecule has 0 aliphatic carbocycles. The Balaban J connectivity index is 1.38. The van der Waals surface area contributed by atoms with Crippen molar-refractivity contribution in [3.63, 3.8) is 0 Å². The maximum Gasteiger partial charge on any atom is 0.145 e. The predicted octanol–water partition coefficient (Wildman–Crippen LogP) is 4.87. The molecule has 0 N–H and O–H groups in total. The van der Waals surface area contributed by atoms with Gasteiger partial charge >= 0.3 is 0 Å². The van der Waals surface area contributed by atoms with Crippen molar-refractivity contribution in [1.82, 2.24) is 4.98 Å². The van der Waals surface area contributed by atoms with Gasteiger partial charge in [0.2, 0.25) is 0 Å². The van der Waals surface area contributed by atoms with Crippen molar-refractivity contribution >= 4 is 10.9 Å². The summed E-state index contributed by atoms with van der Waals surface area (Å²) in [4.78, 5) is 4.40. The number of unbranched alkanes of at least 4 members (excludes halogenated alkanes) is 1. The van der Waals surface area contributed by atoms with Gasteiger partial charge in [-0.1, -0.05) is 18.2 Å². The van der Waals surface area contributed by atoms with Crippen LogP contribution in [-0.2, 0) is 0 Å². The summed E-state index contributed by atoms with van der Waals surface area (Å²) in [6.07, 6.45) is 3.66. The highest BCUT2D eigenvalue weighted by Crippen LogP contribution is 2.23. The van der Waals surface area contributed by atoms with Gasteiger partial charge in [0, 0.05) is 11.6 Å². The van der Waals surface area contributed by atoms with E-state index in [0.29, 0.717) is 19.8 Å². The average molecular weight is 337 g/mol. The van der Waals surface area contributed by atoms with Gasteiger partial charge in [0.15, 0.2) is 0 Å². The van der Waals surface area contributed by atoms with Crippen LogP contribution in [0.5, 0.6) is 17.2 Å². The van der Waals surface area contributed by atoms with Crippen LogP contribution in [0.4, 0.5) is 0 Å². The SMILES string of the molecule is CCOc1ccc(OCCCCOc2cccc3cccnc23)cc1. The second-order valence-electron chi connectivity index (χ2n) is 5.64. The molecule has 0 saturated heterocycles. The fourth-order valence-electron chi connectivity index (χ4n) is 2.57. The Labute approximate surface area is 148 Å². The highest BCUT2D eigenvalue weighted by molar-refractivity contribution is 5.84. The van der Waals surface area contributed by atoms with Crippen LogP contribution in [0.3, 0.4) is 0 Å². The molecule has 0 radical (unpaired) electrons. The van der Waals surface area contributed by atoms with Crippen LogP contribution in [0, 0.1) is 0 Å². The lowest BCUT2D eigenvalue weighted by atomic mass is 10.2. The molecule has 0 saturated carbocycles. The largest absolute Gasteiger partial charge is 0.494 e.